The van der Waals surface area contributed by atoms with Crippen molar-refractivity contribution >= 4 is 0 Å². The molecule has 1 aromatic carbocycles. The SMILES string of the molecule is CCN1CC(C)CC1c1cc(F)cc2c1OCO2. The molecule has 0 bridgehead atoms. The van der Waals surface area contributed by atoms with Crippen molar-refractivity contribution < 1.29 is 13.9 Å². The average Bonchev–Trinajstić information content (AvgIpc) is 2.93. The van der Waals surface area contributed by atoms with Gasteiger partial charge in [0.05, 0.1) is 0 Å². The standard InChI is InChI=1S/C14H18FNO2/c1-3-16-7-9(2)4-12(16)11-5-10(15)6-13-14(11)18-8-17-13/h5-6,9,12H,3-4,7-8H2,1-2H3. The Bertz CT molecular complexity index is 463. The molecule has 4 heteroatoms. The molecule has 0 spiro atoms. The van der Waals surface area contributed by atoms with Gasteiger partial charge in [0.15, 0.2) is 11.5 Å². The highest BCUT2D eigenvalue weighted by molar-refractivity contribution is 5.50. The number of ether oxygens (including phenoxy) is 2. The highest BCUT2D eigenvalue weighted by atomic mass is 19.1. The van der Waals surface area contributed by atoms with E-state index in [4.69, 9.17) is 9.47 Å². The monoisotopic (exact) mass is 251 g/mol. The second-order valence-corrected chi connectivity index (χ2v) is 5.17. The molecule has 1 saturated heterocycles. The summed E-state index contributed by atoms with van der Waals surface area (Å²) in [5.74, 6) is 1.66. The van der Waals surface area contributed by atoms with Crippen LogP contribution in [-0.4, -0.2) is 24.8 Å². The van der Waals surface area contributed by atoms with E-state index < -0.39 is 0 Å². The highest BCUT2D eigenvalue weighted by Gasteiger charge is 2.34. The fourth-order valence-electron chi connectivity index (χ4n) is 3.06. The summed E-state index contributed by atoms with van der Waals surface area (Å²) in [6.45, 7) is 6.61. The van der Waals surface area contributed by atoms with Crippen molar-refractivity contribution in [3.8, 4) is 11.5 Å². The zero-order valence-corrected chi connectivity index (χ0v) is 10.8. The van der Waals surface area contributed by atoms with Crippen molar-refractivity contribution in [2.24, 2.45) is 5.92 Å². The molecule has 2 heterocycles. The van der Waals surface area contributed by atoms with Crippen molar-refractivity contribution in [1.29, 1.82) is 0 Å². The summed E-state index contributed by atoms with van der Waals surface area (Å²) in [6.07, 6.45) is 1.05. The quantitative estimate of drug-likeness (QED) is 0.806. The van der Waals surface area contributed by atoms with Crippen LogP contribution in [-0.2, 0) is 0 Å². The summed E-state index contributed by atoms with van der Waals surface area (Å²) >= 11 is 0. The third-order valence-electron chi connectivity index (χ3n) is 3.84. The number of hydrogen-bond donors (Lipinski definition) is 0. The van der Waals surface area contributed by atoms with Crippen LogP contribution in [0.4, 0.5) is 4.39 Å². The largest absolute Gasteiger partial charge is 0.453 e. The van der Waals surface area contributed by atoms with Crippen molar-refractivity contribution in [3.63, 3.8) is 0 Å². The molecular weight excluding hydrogens is 233 g/mol. The Morgan fingerprint density at radius 3 is 3.00 bits per heavy atom. The number of halogens is 1. The van der Waals surface area contributed by atoms with Crippen molar-refractivity contribution in [1.82, 2.24) is 4.90 Å². The molecule has 0 radical (unpaired) electrons. The smallest absolute Gasteiger partial charge is 0.231 e. The molecule has 3 rings (SSSR count). The van der Waals surface area contributed by atoms with Crippen molar-refractivity contribution in [2.45, 2.75) is 26.3 Å². The number of benzene rings is 1. The molecule has 0 aliphatic carbocycles. The summed E-state index contributed by atoms with van der Waals surface area (Å²) in [7, 11) is 0. The number of rotatable bonds is 2. The van der Waals surface area contributed by atoms with Crippen LogP contribution in [0.2, 0.25) is 0 Å². The minimum Gasteiger partial charge on any atom is -0.453 e. The highest BCUT2D eigenvalue weighted by Crippen LogP contribution is 2.45. The second kappa shape index (κ2) is 4.43. The fourth-order valence-corrected chi connectivity index (χ4v) is 3.06. The Balaban J connectivity index is 2.01. The minimum absolute atomic E-state index is 0.195. The molecule has 0 saturated carbocycles. The van der Waals surface area contributed by atoms with Crippen LogP contribution in [0.5, 0.6) is 11.5 Å². The van der Waals surface area contributed by atoms with Crippen LogP contribution in [0.3, 0.4) is 0 Å². The fraction of sp³-hybridized carbons (Fsp3) is 0.571. The van der Waals surface area contributed by atoms with Crippen molar-refractivity contribution in [2.75, 3.05) is 19.9 Å². The molecule has 18 heavy (non-hydrogen) atoms. The molecule has 2 atom stereocenters. The van der Waals surface area contributed by atoms with Gasteiger partial charge in [-0.25, -0.2) is 4.39 Å². The first-order valence-corrected chi connectivity index (χ1v) is 6.52. The van der Waals surface area contributed by atoms with E-state index in [-0.39, 0.29) is 18.7 Å². The molecule has 2 aliphatic rings. The molecule has 2 unspecified atom stereocenters. The van der Waals surface area contributed by atoms with Gasteiger partial charge in [0.25, 0.3) is 0 Å². The maximum atomic E-state index is 13.6. The van der Waals surface area contributed by atoms with Gasteiger partial charge in [-0.2, -0.15) is 0 Å². The number of nitrogens with zero attached hydrogens (tertiary/aromatic N) is 1. The van der Waals surface area contributed by atoms with Crippen molar-refractivity contribution in [3.05, 3.63) is 23.5 Å². The van der Waals surface area contributed by atoms with E-state index in [0.29, 0.717) is 11.7 Å². The molecular formula is C14H18FNO2. The van der Waals surface area contributed by atoms with Gasteiger partial charge in [-0.3, -0.25) is 4.90 Å². The molecule has 98 valence electrons. The molecule has 0 amide bonds. The number of likely N-dealkylation sites (tertiary alicyclic amines) is 1. The van der Waals surface area contributed by atoms with Crippen LogP contribution in [0.15, 0.2) is 12.1 Å². The lowest BCUT2D eigenvalue weighted by atomic mass is 9.99. The molecule has 3 nitrogen and oxygen atoms in total. The summed E-state index contributed by atoms with van der Waals surface area (Å²) in [5, 5.41) is 0. The van der Waals surface area contributed by atoms with Crippen LogP contribution in [0, 0.1) is 11.7 Å². The normalized spacial score (nSPS) is 26.8. The summed E-state index contributed by atoms with van der Waals surface area (Å²) in [4.78, 5) is 2.38. The lowest BCUT2D eigenvalue weighted by Crippen LogP contribution is -2.23. The first-order chi connectivity index (χ1) is 8.69. The topological polar surface area (TPSA) is 21.7 Å². The molecule has 0 aromatic heterocycles. The first kappa shape index (κ1) is 11.8. The third-order valence-corrected chi connectivity index (χ3v) is 3.84. The summed E-state index contributed by atoms with van der Waals surface area (Å²) < 4.78 is 24.5. The van der Waals surface area contributed by atoms with Gasteiger partial charge < -0.3 is 9.47 Å². The predicted molar refractivity (Wildman–Crippen MR) is 66.3 cm³/mol. The molecule has 0 N–H and O–H groups in total. The zero-order chi connectivity index (χ0) is 12.7. The molecule has 1 aromatic rings. The van der Waals surface area contributed by atoms with Crippen LogP contribution < -0.4 is 9.47 Å². The number of fused-ring (bicyclic) bond motifs is 1. The maximum absolute atomic E-state index is 13.6. The third kappa shape index (κ3) is 1.85. The van der Waals surface area contributed by atoms with Gasteiger partial charge in [0.2, 0.25) is 6.79 Å². The van der Waals surface area contributed by atoms with E-state index in [9.17, 15) is 4.39 Å². The van der Waals surface area contributed by atoms with E-state index in [1.54, 1.807) is 6.07 Å². The Kier molecular flexibility index (Phi) is 2.90. The lowest BCUT2D eigenvalue weighted by Gasteiger charge is -2.24. The first-order valence-electron chi connectivity index (χ1n) is 6.52. The van der Waals surface area contributed by atoms with Gasteiger partial charge in [-0.05, 0) is 24.9 Å². The van der Waals surface area contributed by atoms with Gasteiger partial charge in [-0.1, -0.05) is 13.8 Å². The predicted octanol–water partition coefficient (Wildman–Crippen LogP) is 2.96. The van der Waals surface area contributed by atoms with Crippen LogP contribution in [0.25, 0.3) is 0 Å². The van der Waals surface area contributed by atoms with E-state index >= 15 is 0 Å². The van der Waals surface area contributed by atoms with Gasteiger partial charge in [-0.15, -0.1) is 0 Å². The van der Waals surface area contributed by atoms with Crippen LogP contribution in [0.1, 0.15) is 31.9 Å². The average molecular weight is 251 g/mol. The van der Waals surface area contributed by atoms with E-state index in [2.05, 4.69) is 18.7 Å². The van der Waals surface area contributed by atoms with E-state index in [1.165, 1.54) is 6.07 Å². The van der Waals surface area contributed by atoms with Crippen LogP contribution >= 0.6 is 0 Å². The van der Waals surface area contributed by atoms with Gasteiger partial charge in [0, 0.05) is 24.2 Å². The Morgan fingerprint density at radius 1 is 1.39 bits per heavy atom. The van der Waals surface area contributed by atoms with E-state index in [0.717, 1.165) is 30.8 Å². The zero-order valence-electron chi connectivity index (χ0n) is 10.8. The maximum Gasteiger partial charge on any atom is 0.231 e. The minimum atomic E-state index is -0.246. The summed E-state index contributed by atoms with van der Waals surface area (Å²) in [5.41, 5.74) is 0.939. The number of hydrogen-bond acceptors (Lipinski definition) is 3. The Morgan fingerprint density at radius 2 is 2.22 bits per heavy atom. The molecule has 2 aliphatic heterocycles. The van der Waals surface area contributed by atoms with Gasteiger partial charge >= 0.3 is 0 Å². The lowest BCUT2D eigenvalue weighted by molar-refractivity contribution is 0.171. The Labute approximate surface area is 106 Å². The van der Waals surface area contributed by atoms with E-state index in [1.807, 2.05) is 0 Å². The summed E-state index contributed by atoms with van der Waals surface area (Å²) in [6, 6.07) is 3.25. The molecule has 1 fully saturated rings. The van der Waals surface area contributed by atoms with Gasteiger partial charge in [0.1, 0.15) is 5.82 Å². The second-order valence-electron chi connectivity index (χ2n) is 5.17. The Hall–Kier alpha value is -1.29.